The summed E-state index contributed by atoms with van der Waals surface area (Å²) in [5.74, 6) is 2.65. The molecule has 0 radical (unpaired) electrons. The second kappa shape index (κ2) is 4.87. The van der Waals surface area contributed by atoms with E-state index in [0.29, 0.717) is 17.5 Å². The van der Waals surface area contributed by atoms with Crippen molar-refractivity contribution in [1.82, 2.24) is 4.90 Å². The molecule has 0 aromatic carbocycles. The second-order valence-electron chi connectivity index (χ2n) is 6.41. The first-order valence-electron chi connectivity index (χ1n) is 6.57. The van der Waals surface area contributed by atoms with Crippen LogP contribution in [0.15, 0.2) is 0 Å². The third-order valence-electron chi connectivity index (χ3n) is 4.03. The van der Waals surface area contributed by atoms with Gasteiger partial charge in [0.1, 0.15) is 0 Å². The highest BCUT2D eigenvalue weighted by Gasteiger charge is 2.35. The minimum atomic E-state index is 0.440. The van der Waals surface area contributed by atoms with E-state index in [2.05, 4.69) is 37.4 Å². The Bertz CT molecular complexity index is 242. The van der Waals surface area contributed by atoms with Crippen LogP contribution in [0.3, 0.4) is 0 Å². The van der Waals surface area contributed by atoms with Crippen molar-refractivity contribution in [2.24, 2.45) is 11.1 Å². The number of hydrogen-bond donors (Lipinski definition) is 1. The average Bonchev–Trinajstić information content (AvgIpc) is 2.15. The topological polar surface area (TPSA) is 29.3 Å². The zero-order valence-electron chi connectivity index (χ0n) is 10.9. The summed E-state index contributed by atoms with van der Waals surface area (Å²) in [5, 5.41) is 0. The lowest BCUT2D eigenvalue weighted by Crippen LogP contribution is -2.53. The molecule has 2 saturated heterocycles. The number of rotatable bonds is 1. The number of thioether (sulfide) groups is 1. The van der Waals surface area contributed by atoms with Crippen molar-refractivity contribution in [2.75, 3.05) is 18.1 Å². The number of likely N-dealkylation sites (tertiary alicyclic amines) is 1. The molecule has 16 heavy (non-hydrogen) atoms. The van der Waals surface area contributed by atoms with Gasteiger partial charge in [0, 0.05) is 30.4 Å². The van der Waals surface area contributed by atoms with E-state index in [1.54, 1.807) is 0 Å². The van der Waals surface area contributed by atoms with Crippen LogP contribution in [0, 0.1) is 5.41 Å². The molecule has 3 unspecified atom stereocenters. The Balaban J connectivity index is 1.96. The highest BCUT2D eigenvalue weighted by molar-refractivity contribution is 7.99. The molecule has 3 atom stereocenters. The van der Waals surface area contributed by atoms with Gasteiger partial charge in [-0.3, -0.25) is 4.90 Å². The van der Waals surface area contributed by atoms with Crippen LogP contribution in [0.1, 0.15) is 40.0 Å². The third kappa shape index (κ3) is 2.93. The Morgan fingerprint density at radius 3 is 2.75 bits per heavy atom. The van der Waals surface area contributed by atoms with E-state index in [9.17, 15) is 0 Å². The maximum atomic E-state index is 6.04. The third-order valence-corrected chi connectivity index (χ3v) is 5.63. The molecule has 0 bridgehead atoms. The fourth-order valence-electron chi connectivity index (χ4n) is 3.21. The quantitative estimate of drug-likeness (QED) is 0.765. The molecule has 2 N–H and O–H groups in total. The Morgan fingerprint density at radius 2 is 2.12 bits per heavy atom. The molecule has 2 heterocycles. The van der Waals surface area contributed by atoms with Crippen LogP contribution in [0.4, 0.5) is 0 Å². The van der Waals surface area contributed by atoms with Gasteiger partial charge in [-0.2, -0.15) is 11.8 Å². The van der Waals surface area contributed by atoms with E-state index in [0.717, 1.165) is 6.04 Å². The normalized spacial score (nSPS) is 40.9. The van der Waals surface area contributed by atoms with Gasteiger partial charge in [0.05, 0.1) is 0 Å². The van der Waals surface area contributed by atoms with Crippen LogP contribution in [-0.4, -0.2) is 41.1 Å². The summed E-state index contributed by atoms with van der Waals surface area (Å²) < 4.78 is 0. The Labute approximate surface area is 104 Å². The van der Waals surface area contributed by atoms with Crippen LogP contribution >= 0.6 is 11.8 Å². The van der Waals surface area contributed by atoms with Crippen LogP contribution in [0.5, 0.6) is 0 Å². The van der Waals surface area contributed by atoms with E-state index in [4.69, 9.17) is 5.73 Å². The van der Waals surface area contributed by atoms with Crippen LogP contribution < -0.4 is 5.73 Å². The van der Waals surface area contributed by atoms with Crippen LogP contribution in [-0.2, 0) is 0 Å². The van der Waals surface area contributed by atoms with Gasteiger partial charge in [-0.15, -0.1) is 0 Å². The molecule has 0 amide bonds. The molecule has 0 aromatic heterocycles. The lowest BCUT2D eigenvalue weighted by molar-refractivity contribution is 0.0807. The maximum absolute atomic E-state index is 6.04. The van der Waals surface area contributed by atoms with Crippen molar-refractivity contribution < 1.29 is 0 Å². The van der Waals surface area contributed by atoms with Crippen molar-refractivity contribution in [3.8, 4) is 0 Å². The minimum Gasteiger partial charge on any atom is -0.328 e. The summed E-state index contributed by atoms with van der Waals surface area (Å²) in [6.07, 6.45) is 3.73. The summed E-state index contributed by atoms with van der Waals surface area (Å²) in [6.45, 7) is 8.38. The highest BCUT2D eigenvalue weighted by atomic mass is 32.2. The standard InChI is InChI=1S/C13H26N2S/c1-10-6-11(14)4-5-15(10)12-7-13(2,3)9-16-8-12/h10-12H,4-9,14H2,1-3H3. The number of piperidine rings is 1. The summed E-state index contributed by atoms with van der Waals surface area (Å²) in [4.78, 5) is 2.72. The summed E-state index contributed by atoms with van der Waals surface area (Å²) in [6, 6.07) is 1.91. The van der Waals surface area contributed by atoms with Gasteiger partial charge in [0.25, 0.3) is 0 Å². The van der Waals surface area contributed by atoms with Crippen molar-refractivity contribution >= 4 is 11.8 Å². The van der Waals surface area contributed by atoms with Gasteiger partial charge in [-0.1, -0.05) is 13.8 Å². The van der Waals surface area contributed by atoms with E-state index in [-0.39, 0.29) is 0 Å². The van der Waals surface area contributed by atoms with Crippen molar-refractivity contribution in [3.63, 3.8) is 0 Å². The Morgan fingerprint density at radius 1 is 1.38 bits per heavy atom. The first kappa shape index (κ1) is 12.7. The van der Waals surface area contributed by atoms with E-state index in [1.807, 2.05) is 0 Å². The molecular formula is C13H26N2S. The molecule has 94 valence electrons. The molecule has 2 fully saturated rings. The van der Waals surface area contributed by atoms with E-state index >= 15 is 0 Å². The fraction of sp³-hybridized carbons (Fsp3) is 1.00. The molecule has 2 rings (SSSR count). The predicted octanol–water partition coefficient (Wildman–Crippen LogP) is 2.33. The van der Waals surface area contributed by atoms with Gasteiger partial charge in [-0.25, -0.2) is 0 Å². The maximum Gasteiger partial charge on any atom is 0.0194 e. The zero-order valence-corrected chi connectivity index (χ0v) is 11.7. The number of nitrogens with zero attached hydrogens (tertiary/aromatic N) is 1. The molecule has 0 saturated carbocycles. The van der Waals surface area contributed by atoms with E-state index < -0.39 is 0 Å². The van der Waals surface area contributed by atoms with Gasteiger partial charge >= 0.3 is 0 Å². The predicted molar refractivity (Wildman–Crippen MR) is 72.9 cm³/mol. The first-order chi connectivity index (χ1) is 7.48. The zero-order chi connectivity index (χ0) is 11.8. The largest absolute Gasteiger partial charge is 0.328 e. The minimum absolute atomic E-state index is 0.440. The molecular weight excluding hydrogens is 216 g/mol. The highest BCUT2D eigenvalue weighted by Crippen LogP contribution is 2.37. The summed E-state index contributed by atoms with van der Waals surface area (Å²) >= 11 is 2.13. The molecule has 0 aliphatic carbocycles. The van der Waals surface area contributed by atoms with Gasteiger partial charge in [0.15, 0.2) is 0 Å². The molecule has 2 aliphatic heterocycles. The molecule has 2 aliphatic rings. The number of nitrogens with two attached hydrogens (primary N) is 1. The van der Waals surface area contributed by atoms with Gasteiger partial charge < -0.3 is 5.73 Å². The Kier molecular flexibility index (Phi) is 3.87. The fourth-order valence-corrected chi connectivity index (χ4v) is 4.58. The van der Waals surface area contributed by atoms with Crippen LogP contribution in [0.25, 0.3) is 0 Å². The number of hydrogen-bond acceptors (Lipinski definition) is 3. The second-order valence-corrected chi connectivity index (χ2v) is 7.44. The van der Waals surface area contributed by atoms with Gasteiger partial charge in [-0.05, 0) is 37.4 Å². The molecule has 2 nitrogen and oxygen atoms in total. The summed E-state index contributed by atoms with van der Waals surface area (Å²) in [7, 11) is 0. The average molecular weight is 242 g/mol. The molecule has 0 aromatic rings. The lowest BCUT2D eigenvalue weighted by Gasteiger charge is -2.46. The van der Waals surface area contributed by atoms with E-state index in [1.165, 1.54) is 37.3 Å². The van der Waals surface area contributed by atoms with Crippen LogP contribution in [0.2, 0.25) is 0 Å². The van der Waals surface area contributed by atoms with Gasteiger partial charge in [0.2, 0.25) is 0 Å². The van der Waals surface area contributed by atoms with Crippen molar-refractivity contribution in [3.05, 3.63) is 0 Å². The monoisotopic (exact) mass is 242 g/mol. The summed E-state index contributed by atoms with van der Waals surface area (Å²) in [5.41, 5.74) is 6.56. The Hall–Kier alpha value is 0.270. The lowest BCUT2D eigenvalue weighted by atomic mass is 9.85. The molecule has 0 spiro atoms. The van der Waals surface area contributed by atoms with Crippen molar-refractivity contribution in [1.29, 1.82) is 0 Å². The first-order valence-corrected chi connectivity index (χ1v) is 7.72. The molecule has 3 heteroatoms. The van der Waals surface area contributed by atoms with Crippen molar-refractivity contribution in [2.45, 2.75) is 58.2 Å². The smallest absolute Gasteiger partial charge is 0.0194 e. The SMILES string of the molecule is CC1CC(N)CCN1C1CSCC(C)(C)C1.